The summed E-state index contributed by atoms with van der Waals surface area (Å²) >= 11 is 1.64. The van der Waals surface area contributed by atoms with Crippen LogP contribution in [0.25, 0.3) is 11.1 Å². The van der Waals surface area contributed by atoms with Gasteiger partial charge in [-0.3, -0.25) is 4.79 Å². The summed E-state index contributed by atoms with van der Waals surface area (Å²) in [5.74, 6) is -0.774. The van der Waals surface area contributed by atoms with Gasteiger partial charge >= 0.3 is 5.97 Å². The van der Waals surface area contributed by atoms with Crippen LogP contribution >= 0.6 is 11.3 Å². The zero-order valence-corrected chi connectivity index (χ0v) is 15.5. The van der Waals surface area contributed by atoms with Crippen LogP contribution < -0.4 is 5.32 Å². The molecular weight excluding hydrogens is 362 g/mol. The van der Waals surface area contributed by atoms with Crippen molar-refractivity contribution in [2.24, 2.45) is 0 Å². The Balaban J connectivity index is 1.57. The summed E-state index contributed by atoms with van der Waals surface area (Å²) < 4.78 is 4.62. The first kappa shape index (κ1) is 18.8. The molecule has 0 aliphatic carbocycles. The molecule has 0 saturated heterocycles. The number of aliphatic hydroxyl groups is 1. The Bertz CT molecular complexity index is 902. The maximum absolute atomic E-state index is 12.2. The minimum absolute atomic E-state index is 0.0926. The molecule has 0 aliphatic heterocycles. The first-order valence-corrected chi connectivity index (χ1v) is 9.30. The molecule has 2 N–H and O–H groups in total. The number of ether oxygens (including phenoxy) is 1. The molecule has 0 aliphatic rings. The number of methoxy groups -OCH3 is 1. The van der Waals surface area contributed by atoms with Gasteiger partial charge in [0.05, 0.1) is 18.8 Å². The topological polar surface area (TPSA) is 75.6 Å². The largest absolute Gasteiger partial charge is 0.465 e. The zero-order valence-electron chi connectivity index (χ0n) is 14.7. The molecule has 0 unspecified atom stereocenters. The number of benzene rings is 2. The standard InChI is InChI=1S/C21H19NO4S/c1-26-21(25)17-8-6-16(7-9-17)20(24)22-12-19(23)15-4-2-14(3-5-15)18-10-11-27-13-18/h2-11,13,19,23H,12H2,1H3,(H,22,24)/t19-/m1/s1. The SMILES string of the molecule is COC(=O)c1ccc(C(=O)NC[C@@H](O)c2ccc(-c3ccsc3)cc2)cc1. The van der Waals surface area contributed by atoms with E-state index in [0.29, 0.717) is 11.1 Å². The predicted molar refractivity (Wildman–Crippen MR) is 105 cm³/mol. The molecule has 2 aromatic carbocycles. The summed E-state index contributed by atoms with van der Waals surface area (Å²) in [5.41, 5.74) is 3.74. The number of rotatable bonds is 6. The number of nitrogens with one attached hydrogen (secondary N) is 1. The maximum Gasteiger partial charge on any atom is 0.337 e. The van der Waals surface area contributed by atoms with Gasteiger partial charge in [-0.1, -0.05) is 24.3 Å². The molecule has 1 heterocycles. The van der Waals surface area contributed by atoms with Crippen LogP contribution in [0.2, 0.25) is 0 Å². The van der Waals surface area contributed by atoms with Crippen molar-refractivity contribution < 1.29 is 19.4 Å². The summed E-state index contributed by atoms with van der Waals surface area (Å²) in [4.78, 5) is 23.6. The molecule has 5 nitrogen and oxygen atoms in total. The van der Waals surface area contributed by atoms with Gasteiger partial charge in [-0.15, -0.1) is 0 Å². The Morgan fingerprint density at radius 3 is 2.26 bits per heavy atom. The molecule has 138 valence electrons. The Labute approximate surface area is 161 Å². The lowest BCUT2D eigenvalue weighted by molar-refractivity contribution is 0.0600. The van der Waals surface area contributed by atoms with Crippen LogP contribution in [0.3, 0.4) is 0 Å². The van der Waals surface area contributed by atoms with Gasteiger partial charge in [0.15, 0.2) is 0 Å². The van der Waals surface area contributed by atoms with Crippen LogP contribution in [0.4, 0.5) is 0 Å². The zero-order chi connectivity index (χ0) is 19.2. The van der Waals surface area contributed by atoms with E-state index in [0.717, 1.165) is 16.7 Å². The first-order chi connectivity index (χ1) is 13.1. The van der Waals surface area contributed by atoms with E-state index in [1.165, 1.54) is 19.2 Å². The number of aliphatic hydroxyl groups excluding tert-OH is 1. The average molecular weight is 381 g/mol. The molecule has 0 bridgehead atoms. The number of hydrogen-bond acceptors (Lipinski definition) is 5. The van der Waals surface area contributed by atoms with Gasteiger partial charge in [-0.05, 0) is 57.8 Å². The lowest BCUT2D eigenvalue weighted by Crippen LogP contribution is -2.28. The van der Waals surface area contributed by atoms with E-state index in [-0.39, 0.29) is 12.5 Å². The summed E-state index contributed by atoms with van der Waals surface area (Å²) in [6.07, 6.45) is -0.806. The fraction of sp³-hybridized carbons (Fsp3) is 0.143. The monoisotopic (exact) mass is 381 g/mol. The summed E-state index contributed by atoms with van der Waals surface area (Å²) in [7, 11) is 1.30. The van der Waals surface area contributed by atoms with Crippen LogP contribution in [-0.2, 0) is 4.74 Å². The average Bonchev–Trinajstić information content (AvgIpc) is 3.26. The number of amides is 1. The lowest BCUT2D eigenvalue weighted by Gasteiger charge is -2.13. The molecule has 0 spiro atoms. The number of carbonyl (C=O) groups excluding carboxylic acids is 2. The van der Waals surface area contributed by atoms with Crippen molar-refractivity contribution in [2.75, 3.05) is 13.7 Å². The van der Waals surface area contributed by atoms with E-state index in [4.69, 9.17) is 0 Å². The van der Waals surface area contributed by atoms with E-state index < -0.39 is 12.1 Å². The molecular formula is C21H19NO4S. The fourth-order valence-corrected chi connectivity index (χ4v) is 3.28. The number of hydrogen-bond donors (Lipinski definition) is 2. The molecule has 0 radical (unpaired) electrons. The molecule has 1 amide bonds. The highest BCUT2D eigenvalue weighted by Crippen LogP contribution is 2.24. The molecule has 1 atom stereocenters. The van der Waals surface area contributed by atoms with Crippen molar-refractivity contribution in [1.29, 1.82) is 0 Å². The van der Waals surface area contributed by atoms with Gasteiger partial charge in [0.25, 0.3) is 5.91 Å². The van der Waals surface area contributed by atoms with Crippen molar-refractivity contribution >= 4 is 23.2 Å². The van der Waals surface area contributed by atoms with Gasteiger partial charge in [-0.2, -0.15) is 11.3 Å². The Morgan fingerprint density at radius 2 is 1.67 bits per heavy atom. The molecule has 27 heavy (non-hydrogen) atoms. The second-order valence-electron chi connectivity index (χ2n) is 5.93. The Kier molecular flexibility index (Phi) is 6.01. The molecule has 6 heteroatoms. The highest BCUT2D eigenvalue weighted by atomic mass is 32.1. The fourth-order valence-electron chi connectivity index (χ4n) is 2.61. The third-order valence-electron chi connectivity index (χ3n) is 4.17. The van der Waals surface area contributed by atoms with Crippen LogP contribution in [0.1, 0.15) is 32.4 Å². The lowest BCUT2D eigenvalue weighted by atomic mass is 10.0. The summed E-state index contributed by atoms with van der Waals surface area (Å²) in [5, 5.41) is 17.1. The van der Waals surface area contributed by atoms with E-state index in [2.05, 4.69) is 15.4 Å². The van der Waals surface area contributed by atoms with E-state index in [1.54, 1.807) is 23.5 Å². The van der Waals surface area contributed by atoms with Gasteiger partial charge < -0.3 is 15.2 Å². The Morgan fingerprint density at radius 1 is 1.00 bits per heavy atom. The highest BCUT2D eigenvalue weighted by Gasteiger charge is 2.12. The number of esters is 1. The summed E-state index contributed by atoms with van der Waals surface area (Å²) in [6, 6.07) is 15.8. The van der Waals surface area contributed by atoms with E-state index in [1.807, 2.05) is 35.7 Å². The second-order valence-corrected chi connectivity index (χ2v) is 6.71. The molecule has 3 aromatic rings. The molecule has 3 rings (SSSR count). The summed E-state index contributed by atoms with van der Waals surface area (Å²) in [6.45, 7) is 0.0926. The van der Waals surface area contributed by atoms with Gasteiger partial charge in [0, 0.05) is 12.1 Å². The van der Waals surface area contributed by atoms with Crippen LogP contribution in [0.5, 0.6) is 0 Å². The van der Waals surface area contributed by atoms with Crippen molar-refractivity contribution in [3.8, 4) is 11.1 Å². The van der Waals surface area contributed by atoms with E-state index >= 15 is 0 Å². The third-order valence-corrected chi connectivity index (χ3v) is 4.86. The first-order valence-electron chi connectivity index (χ1n) is 8.35. The van der Waals surface area contributed by atoms with Crippen LogP contribution in [0.15, 0.2) is 65.4 Å². The quantitative estimate of drug-likeness (QED) is 0.639. The van der Waals surface area contributed by atoms with Crippen LogP contribution in [-0.4, -0.2) is 30.6 Å². The predicted octanol–water partition coefficient (Wildman–Crippen LogP) is 3.67. The van der Waals surface area contributed by atoms with Gasteiger partial charge in [0.1, 0.15) is 0 Å². The third kappa shape index (κ3) is 4.61. The minimum atomic E-state index is -0.806. The van der Waals surface area contributed by atoms with E-state index in [9.17, 15) is 14.7 Å². The van der Waals surface area contributed by atoms with Crippen molar-refractivity contribution in [1.82, 2.24) is 5.32 Å². The smallest absolute Gasteiger partial charge is 0.337 e. The van der Waals surface area contributed by atoms with Crippen LogP contribution in [0, 0.1) is 0 Å². The molecule has 0 fully saturated rings. The second kappa shape index (κ2) is 8.62. The van der Waals surface area contributed by atoms with Gasteiger partial charge in [0.2, 0.25) is 0 Å². The number of carbonyl (C=O) groups is 2. The van der Waals surface area contributed by atoms with Crippen molar-refractivity contribution in [2.45, 2.75) is 6.10 Å². The number of thiophene rings is 1. The van der Waals surface area contributed by atoms with Crippen molar-refractivity contribution in [3.05, 3.63) is 82.0 Å². The maximum atomic E-state index is 12.2. The van der Waals surface area contributed by atoms with Gasteiger partial charge in [-0.25, -0.2) is 4.79 Å². The minimum Gasteiger partial charge on any atom is -0.465 e. The molecule has 0 saturated carbocycles. The Hall–Kier alpha value is -2.96. The van der Waals surface area contributed by atoms with Crippen molar-refractivity contribution in [3.63, 3.8) is 0 Å². The highest BCUT2D eigenvalue weighted by molar-refractivity contribution is 7.08. The molecule has 1 aromatic heterocycles. The normalized spacial score (nSPS) is 11.6.